The molecule has 3 heterocycles. The van der Waals surface area contributed by atoms with Gasteiger partial charge in [-0.15, -0.1) is 0 Å². The highest BCUT2D eigenvalue weighted by molar-refractivity contribution is 8.26. The van der Waals surface area contributed by atoms with Crippen molar-refractivity contribution in [3.63, 3.8) is 0 Å². The number of aliphatic carboxylic acids is 1. The minimum atomic E-state index is -3.69. The summed E-state index contributed by atoms with van der Waals surface area (Å²) in [6, 6.07) is 16.2. The van der Waals surface area contributed by atoms with Crippen molar-refractivity contribution >= 4 is 56.3 Å². The van der Waals surface area contributed by atoms with Gasteiger partial charge in [0, 0.05) is 37.0 Å². The first-order valence-corrected chi connectivity index (χ1v) is 15.5. The molecule has 2 fully saturated rings. The molecule has 0 saturated carbocycles. The summed E-state index contributed by atoms with van der Waals surface area (Å²) in [6.45, 7) is 3.03. The minimum absolute atomic E-state index is 0.0114. The molecule has 12 heteroatoms. The first-order valence-electron chi connectivity index (χ1n) is 12.9. The van der Waals surface area contributed by atoms with Crippen LogP contribution in [-0.4, -0.2) is 68.3 Å². The van der Waals surface area contributed by atoms with E-state index in [0.717, 1.165) is 30.3 Å². The SMILES string of the molecule is C[C@@H]1CCCN(S(=O)(=O)c2cccc(-c3nn(-c4ccccc4)cc3/C=C3\SC(=S)N(CCC(=O)O)C3=O)c2)C1. The van der Waals surface area contributed by atoms with E-state index in [1.807, 2.05) is 30.3 Å². The highest BCUT2D eigenvalue weighted by atomic mass is 32.2. The Morgan fingerprint density at radius 2 is 1.98 bits per heavy atom. The van der Waals surface area contributed by atoms with E-state index in [2.05, 4.69) is 6.92 Å². The van der Waals surface area contributed by atoms with E-state index in [0.29, 0.717) is 45.1 Å². The number of nitrogens with zero attached hydrogens (tertiary/aromatic N) is 4. The van der Waals surface area contributed by atoms with Crippen LogP contribution in [0, 0.1) is 5.92 Å². The second-order valence-electron chi connectivity index (χ2n) is 9.83. The molecule has 0 unspecified atom stereocenters. The number of piperidine rings is 1. The van der Waals surface area contributed by atoms with Crippen LogP contribution in [-0.2, 0) is 19.6 Å². The quantitative estimate of drug-likeness (QED) is 0.296. The van der Waals surface area contributed by atoms with Gasteiger partial charge in [0.25, 0.3) is 5.91 Å². The Morgan fingerprint density at radius 1 is 1.20 bits per heavy atom. The molecule has 1 amide bonds. The van der Waals surface area contributed by atoms with Gasteiger partial charge in [0.15, 0.2) is 0 Å². The first-order chi connectivity index (χ1) is 19.1. The summed E-state index contributed by atoms with van der Waals surface area (Å²) in [7, 11) is -3.69. The molecule has 0 spiro atoms. The van der Waals surface area contributed by atoms with Crippen LogP contribution < -0.4 is 0 Å². The summed E-state index contributed by atoms with van der Waals surface area (Å²) in [5.41, 5.74) is 2.49. The van der Waals surface area contributed by atoms with E-state index in [9.17, 15) is 18.0 Å². The number of hydrogen-bond acceptors (Lipinski definition) is 7. The van der Waals surface area contributed by atoms with E-state index >= 15 is 0 Å². The number of carbonyl (C=O) groups excluding carboxylic acids is 1. The van der Waals surface area contributed by atoms with Crippen molar-refractivity contribution in [1.29, 1.82) is 0 Å². The zero-order chi connectivity index (χ0) is 28.4. The first kappa shape index (κ1) is 28.2. The molecule has 1 aromatic heterocycles. The average molecular weight is 597 g/mol. The summed E-state index contributed by atoms with van der Waals surface area (Å²) in [5.74, 6) is -1.09. The van der Waals surface area contributed by atoms with Gasteiger partial charge in [-0.05, 0) is 49.1 Å². The number of carboxylic acids is 1. The molecule has 9 nitrogen and oxygen atoms in total. The van der Waals surface area contributed by atoms with Crippen molar-refractivity contribution < 1.29 is 23.1 Å². The zero-order valence-corrected chi connectivity index (χ0v) is 24.2. The summed E-state index contributed by atoms with van der Waals surface area (Å²) >= 11 is 6.44. The predicted octanol–water partition coefficient (Wildman–Crippen LogP) is 4.64. The number of sulfonamides is 1. The Bertz CT molecular complexity index is 1600. The van der Waals surface area contributed by atoms with Gasteiger partial charge >= 0.3 is 5.97 Å². The maximum atomic E-state index is 13.5. The number of benzene rings is 2. The average Bonchev–Trinajstić information content (AvgIpc) is 3.48. The number of thiocarbonyl (C=S) groups is 1. The lowest BCUT2D eigenvalue weighted by molar-refractivity contribution is -0.137. The fourth-order valence-corrected chi connectivity index (χ4v) is 7.73. The van der Waals surface area contributed by atoms with Crippen molar-refractivity contribution in [3.8, 4) is 16.9 Å². The minimum Gasteiger partial charge on any atom is -0.481 e. The molecule has 1 atom stereocenters. The van der Waals surface area contributed by atoms with Gasteiger partial charge in [0.05, 0.1) is 21.9 Å². The van der Waals surface area contributed by atoms with Crippen molar-refractivity contribution in [3.05, 3.63) is 71.3 Å². The normalized spacial score (nSPS) is 19.5. The Kier molecular flexibility index (Phi) is 8.22. The van der Waals surface area contributed by atoms with Gasteiger partial charge in [0.2, 0.25) is 10.0 Å². The number of aromatic nitrogens is 2. The van der Waals surface area contributed by atoms with Gasteiger partial charge in [-0.2, -0.15) is 9.40 Å². The maximum Gasteiger partial charge on any atom is 0.305 e. The molecule has 0 radical (unpaired) electrons. The van der Waals surface area contributed by atoms with Crippen molar-refractivity contribution in [2.75, 3.05) is 19.6 Å². The Balaban J connectivity index is 1.55. The van der Waals surface area contributed by atoms with E-state index in [1.54, 1.807) is 45.5 Å². The fraction of sp³-hybridized carbons (Fsp3) is 0.286. The van der Waals surface area contributed by atoms with E-state index in [1.165, 1.54) is 4.90 Å². The number of rotatable bonds is 8. The standard InChI is InChI=1S/C28H28N4O5S3/c1-19-7-6-13-30(17-19)40(36,37)23-11-5-8-20(15-23)26-21(18-32(29-26)22-9-3-2-4-10-22)16-24-27(35)31(28(38)39-24)14-12-25(33)34/h2-5,8-11,15-16,18-19H,6-7,12-14,17H2,1H3,(H,33,34)/b24-16-/t19-/m1/s1. The number of hydrogen-bond donors (Lipinski definition) is 1. The van der Waals surface area contributed by atoms with E-state index < -0.39 is 16.0 Å². The molecule has 1 N–H and O–H groups in total. The topological polar surface area (TPSA) is 113 Å². The molecular formula is C28H28N4O5S3. The lowest BCUT2D eigenvalue weighted by Gasteiger charge is -2.30. The van der Waals surface area contributed by atoms with Crippen LogP contribution in [0.25, 0.3) is 23.0 Å². The molecule has 2 saturated heterocycles. The number of carbonyl (C=O) groups is 2. The number of para-hydroxylation sites is 1. The molecule has 0 bridgehead atoms. The third-order valence-electron chi connectivity index (χ3n) is 6.84. The Labute approximate surface area is 242 Å². The van der Waals surface area contributed by atoms with Crippen LogP contribution >= 0.6 is 24.0 Å². The molecule has 0 aliphatic carbocycles. The molecule has 5 rings (SSSR count). The molecule has 2 aromatic carbocycles. The highest BCUT2D eigenvalue weighted by Crippen LogP contribution is 2.35. The molecule has 2 aliphatic heterocycles. The lowest BCUT2D eigenvalue weighted by atomic mass is 10.0. The number of thioether (sulfide) groups is 1. The van der Waals surface area contributed by atoms with Crippen LogP contribution in [0.5, 0.6) is 0 Å². The zero-order valence-electron chi connectivity index (χ0n) is 21.8. The molecule has 40 heavy (non-hydrogen) atoms. The van der Waals surface area contributed by atoms with Crippen LogP contribution in [0.2, 0.25) is 0 Å². The van der Waals surface area contributed by atoms with Gasteiger partial charge < -0.3 is 5.11 Å². The Hall–Kier alpha value is -3.32. The van der Waals surface area contributed by atoms with Crippen LogP contribution in [0.1, 0.15) is 31.7 Å². The number of carboxylic acid groups (broad SMARTS) is 1. The largest absolute Gasteiger partial charge is 0.481 e. The summed E-state index contributed by atoms with van der Waals surface area (Å²) in [6.07, 6.45) is 5.08. The lowest BCUT2D eigenvalue weighted by Crippen LogP contribution is -2.39. The van der Waals surface area contributed by atoms with Gasteiger partial charge in [-0.3, -0.25) is 14.5 Å². The monoisotopic (exact) mass is 596 g/mol. The van der Waals surface area contributed by atoms with Crippen molar-refractivity contribution in [2.24, 2.45) is 5.92 Å². The summed E-state index contributed by atoms with van der Waals surface area (Å²) in [4.78, 5) is 25.9. The second kappa shape index (κ2) is 11.7. The predicted molar refractivity (Wildman–Crippen MR) is 158 cm³/mol. The highest BCUT2D eigenvalue weighted by Gasteiger charge is 2.33. The van der Waals surface area contributed by atoms with Crippen LogP contribution in [0.3, 0.4) is 0 Å². The maximum absolute atomic E-state index is 13.5. The smallest absolute Gasteiger partial charge is 0.305 e. The van der Waals surface area contributed by atoms with Gasteiger partial charge in [-0.25, -0.2) is 13.1 Å². The molecule has 2 aliphatic rings. The second-order valence-corrected chi connectivity index (χ2v) is 13.4. The summed E-state index contributed by atoms with van der Waals surface area (Å²) in [5, 5.41) is 13.8. The van der Waals surface area contributed by atoms with E-state index in [-0.39, 0.29) is 23.8 Å². The fourth-order valence-electron chi connectivity index (χ4n) is 4.79. The van der Waals surface area contributed by atoms with Crippen molar-refractivity contribution in [1.82, 2.24) is 19.0 Å². The summed E-state index contributed by atoms with van der Waals surface area (Å²) < 4.78 is 30.5. The Morgan fingerprint density at radius 3 is 2.70 bits per heavy atom. The van der Waals surface area contributed by atoms with E-state index in [4.69, 9.17) is 22.4 Å². The van der Waals surface area contributed by atoms with Crippen LogP contribution in [0.4, 0.5) is 0 Å². The third kappa shape index (κ3) is 5.90. The third-order valence-corrected chi connectivity index (χ3v) is 10.1. The van der Waals surface area contributed by atoms with Gasteiger partial charge in [0.1, 0.15) is 10.0 Å². The molecule has 3 aromatic rings. The molecular weight excluding hydrogens is 569 g/mol. The van der Waals surface area contributed by atoms with Crippen LogP contribution in [0.15, 0.2) is 70.6 Å². The van der Waals surface area contributed by atoms with Gasteiger partial charge in [-0.1, -0.05) is 61.2 Å². The molecule has 208 valence electrons. The van der Waals surface area contributed by atoms with Crippen molar-refractivity contribution in [2.45, 2.75) is 31.1 Å². The number of amides is 1.